The molecular formula is C11H17F3N2S. The Morgan fingerprint density at radius 2 is 2.18 bits per heavy atom. The number of nitriles is 1. The lowest BCUT2D eigenvalue weighted by Crippen LogP contribution is -2.41. The van der Waals surface area contributed by atoms with E-state index in [2.05, 4.69) is 5.32 Å². The van der Waals surface area contributed by atoms with Crippen molar-refractivity contribution >= 4 is 11.8 Å². The predicted octanol–water partition coefficient (Wildman–Crippen LogP) is 2.95. The number of hydrogen-bond donors (Lipinski definition) is 1. The summed E-state index contributed by atoms with van der Waals surface area (Å²) < 4.78 is 37.1. The molecule has 1 aliphatic rings. The highest BCUT2D eigenvalue weighted by molar-refractivity contribution is 7.99. The van der Waals surface area contributed by atoms with Gasteiger partial charge in [0.1, 0.15) is 0 Å². The van der Waals surface area contributed by atoms with Crippen molar-refractivity contribution in [2.24, 2.45) is 5.92 Å². The van der Waals surface area contributed by atoms with Crippen molar-refractivity contribution < 1.29 is 13.2 Å². The van der Waals surface area contributed by atoms with Crippen LogP contribution in [0.2, 0.25) is 0 Å². The molecule has 17 heavy (non-hydrogen) atoms. The first-order valence-electron chi connectivity index (χ1n) is 5.70. The predicted molar refractivity (Wildman–Crippen MR) is 62.7 cm³/mol. The molecule has 0 amide bonds. The summed E-state index contributed by atoms with van der Waals surface area (Å²) in [7, 11) is 0. The minimum absolute atomic E-state index is 0.124. The van der Waals surface area contributed by atoms with Gasteiger partial charge in [-0.2, -0.15) is 30.2 Å². The van der Waals surface area contributed by atoms with Crippen LogP contribution in [0.4, 0.5) is 13.2 Å². The molecule has 0 aromatic rings. The minimum atomic E-state index is -4.42. The number of hydrogen-bond acceptors (Lipinski definition) is 3. The molecule has 0 saturated heterocycles. The maximum atomic E-state index is 12.4. The third-order valence-electron chi connectivity index (χ3n) is 3.12. The van der Waals surface area contributed by atoms with Crippen molar-refractivity contribution in [3.63, 3.8) is 0 Å². The summed E-state index contributed by atoms with van der Waals surface area (Å²) in [6.45, 7) is -0.286. The van der Waals surface area contributed by atoms with E-state index in [1.54, 1.807) is 11.8 Å². The smallest absolute Gasteiger partial charge is 0.312 e. The molecule has 1 saturated carbocycles. The Labute approximate surface area is 104 Å². The van der Waals surface area contributed by atoms with E-state index in [9.17, 15) is 13.2 Å². The Kier molecular flexibility index (Phi) is 5.60. The number of rotatable bonds is 4. The van der Waals surface area contributed by atoms with Crippen molar-refractivity contribution in [3.8, 4) is 6.07 Å². The first kappa shape index (κ1) is 14.7. The maximum absolute atomic E-state index is 12.4. The van der Waals surface area contributed by atoms with Gasteiger partial charge in [-0.25, -0.2) is 0 Å². The summed E-state index contributed by atoms with van der Waals surface area (Å²) in [6, 6.07) is 1.44. The van der Waals surface area contributed by atoms with Crippen molar-refractivity contribution in [1.82, 2.24) is 5.32 Å². The van der Waals surface area contributed by atoms with Crippen molar-refractivity contribution in [2.45, 2.75) is 43.2 Å². The van der Waals surface area contributed by atoms with Crippen LogP contribution in [0.3, 0.4) is 0 Å². The topological polar surface area (TPSA) is 35.8 Å². The Morgan fingerprint density at radius 3 is 2.71 bits per heavy atom. The average molecular weight is 266 g/mol. The quantitative estimate of drug-likeness (QED) is 0.849. The molecule has 3 unspecified atom stereocenters. The second-order valence-electron chi connectivity index (χ2n) is 4.35. The van der Waals surface area contributed by atoms with Gasteiger partial charge >= 0.3 is 6.18 Å². The number of thioether (sulfide) groups is 1. The van der Waals surface area contributed by atoms with Gasteiger partial charge in [0.25, 0.3) is 0 Å². The molecule has 0 aromatic heterocycles. The van der Waals surface area contributed by atoms with E-state index in [4.69, 9.17) is 5.26 Å². The Bertz CT molecular complexity index is 275. The lowest BCUT2D eigenvalue weighted by Gasteiger charge is -2.29. The van der Waals surface area contributed by atoms with E-state index in [0.29, 0.717) is 5.25 Å². The van der Waals surface area contributed by atoms with Gasteiger partial charge in [0, 0.05) is 17.8 Å². The van der Waals surface area contributed by atoms with Crippen molar-refractivity contribution in [1.29, 1.82) is 5.26 Å². The van der Waals surface area contributed by atoms with Crippen LogP contribution in [-0.4, -0.2) is 30.3 Å². The highest BCUT2D eigenvalue weighted by Crippen LogP contribution is 2.28. The number of halogens is 3. The summed E-state index contributed by atoms with van der Waals surface area (Å²) in [4.78, 5) is 0. The summed E-state index contributed by atoms with van der Waals surface area (Å²) in [5.74, 6) is -1.89. The van der Waals surface area contributed by atoms with Crippen LogP contribution in [0.15, 0.2) is 0 Å². The van der Waals surface area contributed by atoms with Crippen molar-refractivity contribution in [2.75, 3.05) is 12.8 Å². The molecular weight excluding hydrogens is 249 g/mol. The second-order valence-corrected chi connectivity index (χ2v) is 5.49. The molecule has 1 aliphatic carbocycles. The average Bonchev–Trinajstić information content (AvgIpc) is 2.28. The molecule has 0 spiro atoms. The van der Waals surface area contributed by atoms with Crippen LogP contribution in [0.5, 0.6) is 0 Å². The summed E-state index contributed by atoms with van der Waals surface area (Å²) in [5.41, 5.74) is 0. The zero-order valence-electron chi connectivity index (χ0n) is 9.76. The molecule has 98 valence electrons. The van der Waals surface area contributed by atoms with Crippen LogP contribution in [0.25, 0.3) is 0 Å². The first-order chi connectivity index (χ1) is 7.97. The molecule has 0 radical (unpaired) electrons. The largest absolute Gasteiger partial charge is 0.405 e. The van der Waals surface area contributed by atoms with Gasteiger partial charge in [0.05, 0.1) is 6.07 Å². The van der Waals surface area contributed by atoms with Gasteiger partial charge in [-0.3, -0.25) is 0 Å². The van der Waals surface area contributed by atoms with Crippen LogP contribution < -0.4 is 5.32 Å². The fourth-order valence-electron chi connectivity index (χ4n) is 2.06. The third-order valence-corrected chi connectivity index (χ3v) is 4.22. The van der Waals surface area contributed by atoms with E-state index >= 15 is 0 Å². The fraction of sp³-hybridized carbons (Fsp3) is 0.909. The number of alkyl halides is 3. The van der Waals surface area contributed by atoms with Crippen LogP contribution in [0.1, 0.15) is 25.7 Å². The molecule has 3 atom stereocenters. The molecule has 1 fully saturated rings. The molecule has 1 rings (SSSR count). The Balaban J connectivity index is 2.37. The molecule has 1 N–H and O–H groups in total. The Hall–Kier alpha value is -0.410. The zero-order valence-corrected chi connectivity index (χ0v) is 10.6. The van der Waals surface area contributed by atoms with E-state index in [0.717, 1.165) is 25.7 Å². The summed E-state index contributed by atoms with van der Waals surface area (Å²) >= 11 is 1.77. The first-order valence-corrected chi connectivity index (χ1v) is 6.98. The lowest BCUT2D eigenvalue weighted by molar-refractivity contribution is -0.158. The van der Waals surface area contributed by atoms with Crippen LogP contribution in [-0.2, 0) is 0 Å². The monoisotopic (exact) mass is 266 g/mol. The SMILES string of the molecule is CSC1CCCC(NCC(C#N)C(F)(F)F)C1. The van der Waals surface area contributed by atoms with Crippen LogP contribution >= 0.6 is 11.8 Å². The maximum Gasteiger partial charge on any atom is 0.405 e. The lowest BCUT2D eigenvalue weighted by atomic mass is 9.94. The van der Waals surface area contributed by atoms with Gasteiger partial charge in [-0.15, -0.1) is 0 Å². The molecule has 0 aromatic carbocycles. The Morgan fingerprint density at radius 1 is 1.47 bits per heavy atom. The van der Waals surface area contributed by atoms with E-state index in [-0.39, 0.29) is 12.6 Å². The van der Waals surface area contributed by atoms with E-state index in [1.807, 2.05) is 6.26 Å². The minimum Gasteiger partial charge on any atom is -0.312 e. The van der Waals surface area contributed by atoms with E-state index < -0.39 is 12.1 Å². The highest BCUT2D eigenvalue weighted by Gasteiger charge is 2.40. The van der Waals surface area contributed by atoms with Gasteiger partial charge in [-0.1, -0.05) is 6.42 Å². The molecule has 0 aliphatic heterocycles. The second kappa shape index (κ2) is 6.50. The third kappa shape index (κ3) is 4.76. The molecule has 0 heterocycles. The van der Waals surface area contributed by atoms with Crippen LogP contribution in [0, 0.1) is 17.2 Å². The number of nitrogens with zero attached hydrogens (tertiary/aromatic N) is 1. The molecule has 6 heteroatoms. The molecule has 2 nitrogen and oxygen atoms in total. The fourth-order valence-corrected chi connectivity index (χ4v) is 2.89. The summed E-state index contributed by atoms with van der Waals surface area (Å²) in [5, 5.41) is 11.9. The highest BCUT2D eigenvalue weighted by atomic mass is 32.2. The van der Waals surface area contributed by atoms with Gasteiger partial charge in [0.15, 0.2) is 5.92 Å². The van der Waals surface area contributed by atoms with E-state index in [1.165, 1.54) is 6.07 Å². The zero-order chi connectivity index (χ0) is 12.9. The number of nitrogens with one attached hydrogen (secondary N) is 1. The van der Waals surface area contributed by atoms with Gasteiger partial charge in [0.2, 0.25) is 0 Å². The van der Waals surface area contributed by atoms with Gasteiger partial charge in [-0.05, 0) is 25.5 Å². The summed E-state index contributed by atoms with van der Waals surface area (Å²) in [6.07, 6.45) is 1.60. The molecule has 0 bridgehead atoms. The normalized spacial score (nSPS) is 27.5. The van der Waals surface area contributed by atoms with Crippen molar-refractivity contribution in [3.05, 3.63) is 0 Å². The van der Waals surface area contributed by atoms with Gasteiger partial charge < -0.3 is 5.32 Å². The standard InChI is InChI=1S/C11H17F3N2S/c1-17-10-4-2-3-9(5-10)16-7-8(6-15)11(12,13)14/h8-10,16H,2-5,7H2,1H3.